The zero-order chi connectivity index (χ0) is 14.8. The Labute approximate surface area is 121 Å². The highest BCUT2D eigenvalue weighted by Gasteiger charge is 2.38. The maximum atomic E-state index is 12.0. The van der Waals surface area contributed by atoms with Gasteiger partial charge in [-0.15, -0.1) is 0 Å². The van der Waals surface area contributed by atoms with Gasteiger partial charge in [0, 0.05) is 0 Å². The summed E-state index contributed by atoms with van der Waals surface area (Å²) in [5.74, 6) is -0.366. The fourth-order valence-corrected chi connectivity index (χ4v) is 3.08. The lowest BCUT2D eigenvalue weighted by Gasteiger charge is -2.37. The number of hydrogen-bond donors (Lipinski definition) is 1. The van der Waals surface area contributed by atoms with Crippen molar-refractivity contribution in [1.82, 2.24) is 0 Å². The number of aryl methyl sites for hydroxylation is 1. The largest absolute Gasteiger partial charge is 0.469 e. The van der Waals surface area contributed by atoms with E-state index < -0.39 is 5.60 Å². The molecule has 0 amide bonds. The van der Waals surface area contributed by atoms with Crippen molar-refractivity contribution in [1.29, 1.82) is 0 Å². The highest BCUT2D eigenvalue weighted by atomic mass is 16.5. The lowest BCUT2D eigenvalue weighted by Crippen LogP contribution is -2.41. The number of hydrogen-bond acceptors (Lipinski definition) is 3. The quantitative estimate of drug-likeness (QED) is 0.845. The van der Waals surface area contributed by atoms with Gasteiger partial charge in [0.1, 0.15) is 0 Å². The van der Waals surface area contributed by atoms with E-state index in [2.05, 4.69) is 12.1 Å². The maximum Gasteiger partial charge on any atom is 0.309 e. The van der Waals surface area contributed by atoms with Crippen LogP contribution in [-0.2, 0) is 22.4 Å². The number of benzene rings is 1. The summed E-state index contributed by atoms with van der Waals surface area (Å²) in [5.41, 5.74) is 1.64. The van der Waals surface area contributed by atoms with E-state index in [-0.39, 0.29) is 17.8 Å². The van der Waals surface area contributed by atoms with E-state index in [1.807, 2.05) is 26.0 Å². The molecule has 0 saturated heterocycles. The van der Waals surface area contributed by atoms with Crippen LogP contribution >= 0.6 is 0 Å². The molecule has 0 aliphatic heterocycles. The minimum atomic E-state index is -0.799. The molecule has 1 aliphatic rings. The van der Waals surface area contributed by atoms with Crippen molar-refractivity contribution in [3.05, 3.63) is 35.4 Å². The maximum absolute atomic E-state index is 12.0. The van der Waals surface area contributed by atoms with Crippen LogP contribution in [0.5, 0.6) is 0 Å². The normalized spacial score (nSPS) is 26.6. The van der Waals surface area contributed by atoms with Gasteiger partial charge in [0.2, 0.25) is 0 Å². The third-order valence-electron chi connectivity index (χ3n) is 4.62. The zero-order valence-corrected chi connectivity index (χ0v) is 12.6. The number of carbonyl (C=O) groups is 1. The average molecular weight is 276 g/mol. The van der Waals surface area contributed by atoms with Crippen LogP contribution in [0, 0.1) is 11.8 Å². The van der Waals surface area contributed by atoms with E-state index in [1.165, 1.54) is 18.2 Å². The molecule has 0 spiro atoms. The number of rotatable bonds is 2. The van der Waals surface area contributed by atoms with Gasteiger partial charge in [-0.2, -0.15) is 0 Å². The Hall–Kier alpha value is -1.35. The predicted octanol–water partition coefficient (Wildman–Crippen LogP) is 2.74. The molecule has 20 heavy (non-hydrogen) atoms. The molecule has 1 N–H and O–H groups in total. The topological polar surface area (TPSA) is 46.5 Å². The minimum Gasteiger partial charge on any atom is -0.469 e. The molecule has 0 heterocycles. The molecule has 0 bridgehead atoms. The summed E-state index contributed by atoms with van der Waals surface area (Å²) in [6, 6.07) is 8.19. The van der Waals surface area contributed by atoms with Gasteiger partial charge in [-0.3, -0.25) is 4.79 Å². The molecule has 2 rings (SSSR count). The predicted molar refractivity (Wildman–Crippen MR) is 78.4 cm³/mol. The molecule has 0 saturated carbocycles. The number of carbonyl (C=O) groups excluding carboxylic acids is 1. The summed E-state index contributed by atoms with van der Waals surface area (Å²) in [5, 5.41) is 10.9. The van der Waals surface area contributed by atoms with Crippen LogP contribution in [0.2, 0.25) is 0 Å². The van der Waals surface area contributed by atoms with Crippen molar-refractivity contribution in [3.8, 4) is 0 Å². The molecule has 0 radical (unpaired) electrons. The number of esters is 1. The molecule has 1 aromatic carbocycles. The Kier molecular flexibility index (Phi) is 4.48. The molecule has 0 fully saturated rings. The van der Waals surface area contributed by atoms with E-state index >= 15 is 0 Å². The molecule has 0 aromatic heterocycles. The summed E-state index contributed by atoms with van der Waals surface area (Å²) in [6.07, 6.45) is 2.68. The smallest absolute Gasteiger partial charge is 0.309 e. The second kappa shape index (κ2) is 5.96. The zero-order valence-electron chi connectivity index (χ0n) is 12.6. The van der Waals surface area contributed by atoms with Crippen LogP contribution < -0.4 is 0 Å². The van der Waals surface area contributed by atoms with Crippen molar-refractivity contribution in [2.45, 2.75) is 45.1 Å². The van der Waals surface area contributed by atoms with Crippen molar-refractivity contribution < 1.29 is 14.6 Å². The third kappa shape index (κ3) is 3.04. The van der Waals surface area contributed by atoms with Gasteiger partial charge in [0.05, 0.1) is 18.6 Å². The van der Waals surface area contributed by atoms with E-state index in [0.29, 0.717) is 19.3 Å². The fourth-order valence-electron chi connectivity index (χ4n) is 3.08. The lowest BCUT2D eigenvalue weighted by molar-refractivity contribution is -0.149. The summed E-state index contributed by atoms with van der Waals surface area (Å²) in [7, 11) is 1.42. The Morgan fingerprint density at radius 3 is 2.60 bits per heavy atom. The number of methoxy groups -OCH3 is 1. The van der Waals surface area contributed by atoms with Crippen molar-refractivity contribution >= 4 is 5.97 Å². The first kappa shape index (κ1) is 15.0. The summed E-state index contributed by atoms with van der Waals surface area (Å²) in [6.45, 7) is 4.03. The Balaban J connectivity index is 2.36. The number of fused-ring (bicyclic) bond motifs is 1. The SMILES string of the molecule is COC(=O)[C@@H]1Cc2ccccc2CC[C@](O)(C(C)C)C1. The molecule has 110 valence electrons. The van der Waals surface area contributed by atoms with Gasteiger partial charge in [-0.05, 0) is 42.7 Å². The Morgan fingerprint density at radius 1 is 1.35 bits per heavy atom. The Bertz CT molecular complexity index is 481. The van der Waals surface area contributed by atoms with Crippen LogP contribution in [0.3, 0.4) is 0 Å². The molecule has 1 aromatic rings. The van der Waals surface area contributed by atoms with Crippen LogP contribution in [0.25, 0.3) is 0 Å². The minimum absolute atomic E-state index is 0.125. The number of aliphatic hydroxyl groups is 1. The van der Waals surface area contributed by atoms with Crippen molar-refractivity contribution in [3.63, 3.8) is 0 Å². The number of ether oxygens (including phenoxy) is 1. The molecule has 3 heteroatoms. The van der Waals surface area contributed by atoms with Crippen LogP contribution in [0.15, 0.2) is 24.3 Å². The second-order valence-corrected chi connectivity index (χ2v) is 6.16. The van der Waals surface area contributed by atoms with Crippen molar-refractivity contribution in [2.75, 3.05) is 7.11 Å². The first-order chi connectivity index (χ1) is 9.46. The van der Waals surface area contributed by atoms with Gasteiger partial charge in [0.15, 0.2) is 0 Å². The highest BCUT2D eigenvalue weighted by Crippen LogP contribution is 2.35. The first-order valence-corrected chi connectivity index (χ1v) is 7.33. The summed E-state index contributed by atoms with van der Waals surface area (Å²) >= 11 is 0. The fraction of sp³-hybridized carbons (Fsp3) is 0.588. The van der Waals surface area contributed by atoms with E-state index in [4.69, 9.17) is 4.74 Å². The van der Waals surface area contributed by atoms with E-state index in [9.17, 15) is 9.90 Å². The van der Waals surface area contributed by atoms with E-state index in [1.54, 1.807) is 0 Å². The second-order valence-electron chi connectivity index (χ2n) is 6.16. The lowest BCUT2D eigenvalue weighted by atomic mass is 9.74. The summed E-state index contributed by atoms with van der Waals surface area (Å²) < 4.78 is 4.92. The van der Waals surface area contributed by atoms with Gasteiger partial charge in [-0.25, -0.2) is 0 Å². The molecular weight excluding hydrogens is 252 g/mol. The van der Waals surface area contributed by atoms with Crippen LogP contribution in [-0.4, -0.2) is 23.8 Å². The van der Waals surface area contributed by atoms with Gasteiger partial charge < -0.3 is 9.84 Å². The van der Waals surface area contributed by atoms with Gasteiger partial charge in [0.25, 0.3) is 0 Å². The van der Waals surface area contributed by atoms with Gasteiger partial charge >= 0.3 is 5.97 Å². The van der Waals surface area contributed by atoms with Crippen LogP contribution in [0.1, 0.15) is 37.8 Å². The molecule has 0 unspecified atom stereocenters. The first-order valence-electron chi connectivity index (χ1n) is 7.33. The van der Waals surface area contributed by atoms with Crippen molar-refractivity contribution in [2.24, 2.45) is 11.8 Å². The van der Waals surface area contributed by atoms with Gasteiger partial charge in [-0.1, -0.05) is 38.1 Å². The Morgan fingerprint density at radius 2 is 2.00 bits per heavy atom. The third-order valence-corrected chi connectivity index (χ3v) is 4.62. The molecule has 1 aliphatic carbocycles. The van der Waals surface area contributed by atoms with E-state index in [0.717, 1.165) is 6.42 Å². The highest BCUT2D eigenvalue weighted by molar-refractivity contribution is 5.73. The molecule has 3 nitrogen and oxygen atoms in total. The summed E-state index contributed by atoms with van der Waals surface area (Å²) in [4.78, 5) is 12.0. The monoisotopic (exact) mass is 276 g/mol. The average Bonchev–Trinajstić information content (AvgIpc) is 2.42. The molecule has 2 atom stereocenters. The molecular formula is C17H24O3. The van der Waals surface area contributed by atoms with Crippen LogP contribution in [0.4, 0.5) is 0 Å². The standard InChI is InChI=1S/C17H24O3/c1-12(2)17(19)9-8-13-6-4-5-7-14(13)10-15(11-17)16(18)20-3/h4-7,12,15,19H,8-11H2,1-3H3/t15-,17-/m1/s1.